The third kappa shape index (κ3) is 3.04. The van der Waals surface area contributed by atoms with Crippen LogP contribution in [0.5, 0.6) is 0 Å². The van der Waals surface area contributed by atoms with Crippen molar-refractivity contribution in [2.75, 3.05) is 32.1 Å². The summed E-state index contributed by atoms with van der Waals surface area (Å²) in [5, 5.41) is 0.243. The fourth-order valence-corrected chi connectivity index (χ4v) is 2.72. The number of nitrogens with zero attached hydrogens (tertiary/aromatic N) is 4. The first kappa shape index (κ1) is 14.2. The van der Waals surface area contributed by atoms with Crippen LogP contribution in [0.2, 0.25) is 5.15 Å². The summed E-state index contributed by atoms with van der Waals surface area (Å²) in [5.41, 5.74) is 0.399. The van der Waals surface area contributed by atoms with Crippen molar-refractivity contribution in [3.8, 4) is 0 Å². The zero-order chi connectivity index (χ0) is 14.0. The van der Waals surface area contributed by atoms with E-state index in [1.165, 1.54) is 0 Å². The van der Waals surface area contributed by atoms with Gasteiger partial charge in [0.2, 0.25) is 0 Å². The molecule has 0 unspecified atom stereocenters. The van der Waals surface area contributed by atoms with Gasteiger partial charge >= 0.3 is 0 Å². The van der Waals surface area contributed by atoms with Crippen molar-refractivity contribution in [3.63, 3.8) is 0 Å². The average molecular weight is 283 g/mol. The predicted molar refractivity (Wildman–Crippen MR) is 76.1 cm³/mol. The Morgan fingerprint density at radius 3 is 2.47 bits per heavy atom. The van der Waals surface area contributed by atoms with Gasteiger partial charge < -0.3 is 9.80 Å². The predicted octanol–water partition coefficient (Wildman–Crippen LogP) is 1.78. The van der Waals surface area contributed by atoms with Crippen LogP contribution in [-0.2, 0) is 0 Å². The SMILES string of the molecule is Cc1nc(Cl)c(C=O)c(N2CCC(N(C)C)CC2)n1. The van der Waals surface area contributed by atoms with E-state index >= 15 is 0 Å². The zero-order valence-electron chi connectivity index (χ0n) is 11.6. The van der Waals surface area contributed by atoms with Gasteiger partial charge in [-0.1, -0.05) is 11.6 Å². The molecule has 5 nitrogen and oxygen atoms in total. The Morgan fingerprint density at radius 1 is 1.32 bits per heavy atom. The van der Waals surface area contributed by atoms with E-state index in [4.69, 9.17) is 11.6 Å². The summed E-state index contributed by atoms with van der Waals surface area (Å²) in [6.45, 7) is 3.56. The Bertz CT molecular complexity index is 470. The van der Waals surface area contributed by atoms with E-state index in [1.54, 1.807) is 6.92 Å². The zero-order valence-corrected chi connectivity index (χ0v) is 12.3. The van der Waals surface area contributed by atoms with Gasteiger partial charge in [0, 0.05) is 19.1 Å². The van der Waals surface area contributed by atoms with Crippen molar-refractivity contribution in [2.24, 2.45) is 0 Å². The number of anilines is 1. The van der Waals surface area contributed by atoms with E-state index < -0.39 is 0 Å². The van der Waals surface area contributed by atoms with Gasteiger partial charge in [0.25, 0.3) is 0 Å². The maximum atomic E-state index is 11.2. The minimum atomic E-state index is 0.243. The van der Waals surface area contributed by atoms with Crippen LogP contribution in [0.3, 0.4) is 0 Å². The minimum absolute atomic E-state index is 0.243. The number of hydrogen-bond donors (Lipinski definition) is 0. The standard InChI is InChI=1S/C13H19ClN4O/c1-9-15-12(14)11(8-19)13(16-9)18-6-4-10(5-7-18)17(2)3/h8,10H,4-7H2,1-3H3. The Labute approximate surface area is 118 Å². The van der Waals surface area contributed by atoms with Crippen LogP contribution in [0.1, 0.15) is 29.0 Å². The van der Waals surface area contributed by atoms with Crippen molar-refractivity contribution in [3.05, 3.63) is 16.5 Å². The molecule has 19 heavy (non-hydrogen) atoms. The highest BCUT2D eigenvalue weighted by Gasteiger charge is 2.24. The molecule has 0 amide bonds. The molecular weight excluding hydrogens is 264 g/mol. The van der Waals surface area contributed by atoms with Gasteiger partial charge in [-0.15, -0.1) is 0 Å². The summed E-state index contributed by atoms with van der Waals surface area (Å²) in [5.74, 6) is 1.27. The van der Waals surface area contributed by atoms with Crippen LogP contribution in [0, 0.1) is 6.92 Å². The van der Waals surface area contributed by atoms with Gasteiger partial charge in [-0.25, -0.2) is 9.97 Å². The average Bonchev–Trinajstić information content (AvgIpc) is 2.38. The fraction of sp³-hybridized carbons (Fsp3) is 0.615. The van der Waals surface area contributed by atoms with Crippen LogP contribution in [-0.4, -0.2) is 54.4 Å². The second-order valence-electron chi connectivity index (χ2n) is 5.10. The lowest BCUT2D eigenvalue weighted by Gasteiger charge is -2.36. The first-order chi connectivity index (χ1) is 9.02. The molecule has 1 fully saturated rings. The summed E-state index contributed by atoms with van der Waals surface area (Å²) in [7, 11) is 4.20. The number of hydrogen-bond acceptors (Lipinski definition) is 5. The Morgan fingerprint density at radius 2 is 1.95 bits per heavy atom. The van der Waals surface area contributed by atoms with Crippen LogP contribution in [0.15, 0.2) is 0 Å². The molecule has 1 aromatic heterocycles. The molecule has 0 spiro atoms. The van der Waals surface area contributed by atoms with Crippen molar-refractivity contribution in [1.29, 1.82) is 0 Å². The molecule has 6 heteroatoms. The van der Waals surface area contributed by atoms with Crippen LogP contribution < -0.4 is 4.90 Å². The molecule has 0 N–H and O–H groups in total. The minimum Gasteiger partial charge on any atom is -0.356 e. The van der Waals surface area contributed by atoms with Crippen LogP contribution >= 0.6 is 11.6 Å². The second kappa shape index (κ2) is 5.84. The fourth-order valence-electron chi connectivity index (χ4n) is 2.47. The van der Waals surface area contributed by atoms with Gasteiger partial charge in [-0.2, -0.15) is 0 Å². The second-order valence-corrected chi connectivity index (χ2v) is 5.46. The largest absolute Gasteiger partial charge is 0.356 e. The molecule has 1 aromatic rings. The normalized spacial score (nSPS) is 17.0. The number of aryl methyl sites for hydroxylation is 1. The first-order valence-electron chi connectivity index (χ1n) is 6.43. The maximum Gasteiger partial charge on any atom is 0.156 e. The van der Waals surface area contributed by atoms with E-state index in [0.29, 0.717) is 23.2 Å². The van der Waals surface area contributed by atoms with Gasteiger partial charge in [-0.05, 0) is 33.9 Å². The lowest BCUT2D eigenvalue weighted by molar-refractivity contribution is 0.112. The highest BCUT2D eigenvalue weighted by Crippen LogP contribution is 2.26. The monoisotopic (exact) mass is 282 g/mol. The smallest absolute Gasteiger partial charge is 0.156 e. The molecule has 2 rings (SSSR count). The van der Waals surface area contributed by atoms with Crippen molar-refractivity contribution in [1.82, 2.24) is 14.9 Å². The molecule has 0 atom stereocenters. The van der Waals surface area contributed by atoms with E-state index in [9.17, 15) is 4.79 Å². The highest BCUT2D eigenvalue weighted by atomic mass is 35.5. The molecule has 1 saturated heterocycles. The van der Waals surface area contributed by atoms with Crippen LogP contribution in [0.4, 0.5) is 5.82 Å². The molecule has 104 valence electrons. The molecule has 0 aliphatic carbocycles. The van der Waals surface area contributed by atoms with Crippen molar-refractivity contribution >= 4 is 23.7 Å². The number of aromatic nitrogens is 2. The van der Waals surface area contributed by atoms with E-state index in [2.05, 4.69) is 33.9 Å². The Balaban J connectivity index is 2.22. The summed E-state index contributed by atoms with van der Waals surface area (Å²) in [6, 6.07) is 0.592. The third-order valence-electron chi connectivity index (χ3n) is 3.60. The number of piperidine rings is 1. The van der Waals surface area contributed by atoms with E-state index in [1.807, 2.05) is 0 Å². The first-order valence-corrected chi connectivity index (χ1v) is 6.81. The number of rotatable bonds is 3. The molecule has 1 aliphatic rings. The molecule has 0 radical (unpaired) electrons. The summed E-state index contributed by atoms with van der Waals surface area (Å²) < 4.78 is 0. The Hall–Kier alpha value is -1.20. The maximum absolute atomic E-state index is 11.2. The number of halogens is 1. The quantitative estimate of drug-likeness (QED) is 0.625. The number of aldehydes is 1. The molecular formula is C13H19ClN4O. The van der Waals surface area contributed by atoms with Crippen molar-refractivity contribution in [2.45, 2.75) is 25.8 Å². The van der Waals surface area contributed by atoms with E-state index in [0.717, 1.165) is 32.2 Å². The van der Waals surface area contributed by atoms with Crippen molar-refractivity contribution < 1.29 is 4.79 Å². The molecule has 2 heterocycles. The summed E-state index contributed by atoms with van der Waals surface area (Å²) in [6.07, 6.45) is 2.87. The topological polar surface area (TPSA) is 49.3 Å². The highest BCUT2D eigenvalue weighted by molar-refractivity contribution is 6.32. The molecule has 1 aliphatic heterocycles. The molecule has 0 bridgehead atoms. The molecule has 0 saturated carbocycles. The lowest BCUT2D eigenvalue weighted by Crippen LogP contribution is -2.42. The van der Waals surface area contributed by atoms with Gasteiger partial charge in [0.1, 0.15) is 16.8 Å². The third-order valence-corrected chi connectivity index (χ3v) is 3.89. The number of carbonyl (C=O) groups is 1. The summed E-state index contributed by atoms with van der Waals surface area (Å²) >= 11 is 6.02. The lowest BCUT2D eigenvalue weighted by atomic mass is 10.0. The summed E-state index contributed by atoms with van der Waals surface area (Å²) in [4.78, 5) is 24.0. The number of carbonyl (C=O) groups excluding carboxylic acids is 1. The Kier molecular flexibility index (Phi) is 4.37. The van der Waals surface area contributed by atoms with Gasteiger partial charge in [0.05, 0.1) is 5.56 Å². The van der Waals surface area contributed by atoms with Gasteiger partial charge in [0.15, 0.2) is 6.29 Å². The van der Waals surface area contributed by atoms with Crippen LogP contribution in [0.25, 0.3) is 0 Å². The van der Waals surface area contributed by atoms with Gasteiger partial charge in [-0.3, -0.25) is 4.79 Å². The van der Waals surface area contributed by atoms with E-state index in [-0.39, 0.29) is 5.15 Å². The molecule has 0 aromatic carbocycles.